The van der Waals surface area contributed by atoms with Gasteiger partial charge in [-0.2, -0.15) is 0 Å². The summed E-state index contributed by atoms with van der Waals surface area (Å²) in [7, 11) is 0. The summed E-state index contributed by atoms with van der Waals surface area (Å²) in [6.45, 7) is 7.26. The number of hydrogen-bond donors (Lipinski definition) is 2. The molecule has 0 unspecified atom stereocenters. The zero-order chi connectivity index (χ0) is 27.4. The van der Waals surface area contributed by atoms with E-state index in [0.29, 0.717) is 6.54 Å². The van der Waals surface area contributed by atoms with Gasteiger partial charge in [-0.3, -0.25) is 19.2 Å². The molecule has 0 saturated heterocycles. The van der Waals surface area contributed by atoms with Gasteiger partial charge in [-0.1, -0.05) is 42.5 Å². The summed E-state index contributed by atoms with van der Waals surface area (Å²) in [6.07, 6.45) is 3.89. The molecule has 0 spiro atoms. The van der Waals surface area contributed by atoms with Crippen molar-refractivity contribution in [2.45, 2.75) is 71.6 Å². The van der Waals surface area contributed by atoms with Gasteiger partial charge in [0.15, 0.2) is 0 Å². The SMILES string of the molecule is C[C@@H]1COC(=O)[C@H](CC(=O)OC(C)(C)C)C/C=C\C[C@H](CC(=O)N(CCO)Cc2ccccc2)C(=O)N1. The van der Waals surface area contributed by atoms with Crippen LogP contribution < -0.4 is 5.32 Å². The van der Waals surface area contributed by atoms with E-state index in [2.05, 4.69) is 5.32 Å². The average Bonchev–Trinajstić information content (AvgIpc) is 2.82. The molecule has 0 aromatic heterocycles. The highest BCUT2D eigenvalue weighted by atomic mass is 16.6. The number of carbonyl (C=O) groups excluding carboxylic acids is 4. The fraction of sp³-hybridized carbons (Fsp3) is 0.571. The first kappa shape index (κ1) is 30.0. The molecule has 0 aliphatic carbocycles. The number of rotatable bonds is 8. The Morgan fingerprint density at radius 2 is 1.73 bits per heavy atom. The van der Waals surface area contributed by atoms with Gasteiger partial charge in [0.1, 0.15) is 12.2 Å². The number of benzene rings is 1. The maximum Gasteiger partial charge on any atom is 0.309 e. The van der Waals surface area contributed by atoms with Gasteiger partial charge in [-0.25, -0.2) is 0 Å². The summed E-state index contributed by atoms with van der Waals surface area (Å²) in [6, 6.07) is 8.98. The van der Waals surface area contributed by atoms with Gasteiger partial charge >= 0.3 is 11.9 Å². The van der Waals surface area contributed by atoms with Gasteiger partial charge in [0.2, 0.25) is 11.8 Å². The Morgan fingerprint density at radius 1 is 1.08 bits per heavy atom. The summed E-state index contributed by atoms with van der Waals surface area (Å²) >= 11 is 0. The van der Waals surface area contributed by atoms with E-state index in [1.54, 1.807) is 44.7 Å². The molecular formula is C28H40N2O7. The van der Waals surface area contributed by atoms with Crippen LogP contribution in [0.15, 0.2) is 42.5 Å². The second-order valence-corrected chi connectivity index (χ2v) is 10.4. The van der Waals surface area contributed by atoms with Crippen LogP contribution in [0.1, 0.15) is 58.9 Å². The maximum absolute atomic E-state index is 13.1. The van der Waals surface area contributed by atoms with Crippen LogP contribution in [0.3, 0.4) is 0 Å². The Morgan fingerprint density at radius 3 is 2.35 bits per heavy atom. The predicted octanol–water partition coefficient (Wildman–Crippen LogP) is 2.76. The molecular weight excluding hydrogens is 476 g/mol. The van der Waals surface area contributed by atoms with Crippen molar-refractivity contribution in [3.05, 3.63) is 48.0 Å². The molecule has 9 heteroatoms. The van der Waals surface area contributed by atoms with Crippen LogP contribution in [0.5, 0.6) is 0 Å². The standard InChI is InChI=1S/C28H40N2O7/c1-20-19-36-27(35)23(17-25(33)37-28(2,3)4)13-9-8-12-22(26(34)29-20)16-24(32)30(14-15-31)18-21-10-6-5-7-11-21/h5-11,20,22-23,31H,12-19H2,1-4H3,(H,29,34)/b9-8-/t20-,22-,23+/m1/s1. The Kier molecular flexibility index (Phi) is 11.8. The lowest BCUT2D eigenvalue weighted by Gasteiger charge is -2.26. The number of aliphatic hydroxyl groups is 1. The molecule has 3 atom stereocenters. The van der Waals surface area contributed by atoms with E-state index >= 15 is 0 Å². The molecule has 2 rings (SSSR count). The second-order valence-electron chi connectivity index (χ2n) is 10.4. The highest BCUT2D eigenvalue weighted by Gasteiger charge is 2.29. The van der Waals surface area contributed by atoms with Crippen molar-refractivity contribution < 1.29 is 33.8 Å². The number of nitrogens with zero attached hydrogens (tertiary/aromatic N) is 1. The Hall–Kier alpha value is -3.20. The fourth-order valence-electron chi connectivity index (χ4n) is 3.93. The van der Waals surface area contributed by atoms with Gasteiger partial charge in [-0.15, -0.1) is 0 Å². The van der Waals surface area contributed by atoms with Crippen molar-refractivity contribution in [3.63, 3.8) is 0 Å². The molecule has 0 radical (unpaired) electrons. The summed E-state index contributed by atoms with van der Waals surface area (Å²) < 4.78 is 10.7. The molecule has 37 heavy (non-hydrogen) atoms. The summed E-state index contributed by atoms with van der Waals surface area (Å²) in [5.74, 6) is -2.90. The monoisotopic (exact) mass is 516 g/mol. The van der Waals surface area contributed by atoms with Crippen LogP contribution in [0.25, 0.3) is 0 Å². The zero-order valence-corrected chi connectivity index (χ0v) is 22.3. The number of amides is 2. The minimum absolute atomic E-state index is 0.0309. The number of allylic oxidation sites excluding steroid dienone is 2. The average molecular weight is 517 g/mol. The minimum atomic E-state index is -0.709. The van der Waals surface area contributed by atoms with E-state index in [9.17, 15) is 24.3 Å². The summed E-state index contributed by atoms with van der Waals surface area (Å²) in [5, 5.41) is 12.3. The lowest BCUT2D eigenvalue weighted by atomic mass is 9.96. The number of cyclic esters (lactones) is 1. The van der Waals surface area contributed by atoms with Gasteiger partial charge in [0.05, 0.1) is 30.9 Å². The molecule has 2 amide bonds. The molecule has 1 aromatic rings. The van der Waals surface area contributed by atoms with Gasteiger partial charge in [0.25, 0.3) is 0 Å². The normalized spacial score (nSPS) is 22.0. The molecule has 0 bridgehead atoms. The summed E-state index contributed by atoms with van der Waals surface area (Å²) in [5.41, 5.74) is 0.268. The Labute approximate surface area is 219 Å². The molecule has 0 saturated carbocycles. The van der Waals surface area contributed by atoms with E-state index in [1.165, 1.54) is 0 Å². The number of carbonyl (C=O) groups is 4. The second kappa shape index (κ2) is 14.5. The van der Waals surface area contributed by atoms with Gasteiger partial charge in [0, 0.05) is 19.5 Å². The van der Waals surface area contributed by atoms with Crippen molar-refractivity contribution in [3.8, 4) is 0 Å². The van der Waals surface area contributed by atoms with Crippen LogP contribution >= 0.6 is 0 Å². The molecule has 1 aromatic carbocycles. The molecule has 204 valence electrons. The molecule has 0 fully saturated rings. The van der Waals surface area contributed by atoms with Gasteiger partial charge < -0.3 is 24.8 Å². The van der Waals surface area contributed by atoms with Gasteiger partial charge in [-0.05, 0) is 46.1 Å². The molecule has 2 N–H and O–H groups in total. The predicted molar refractivity (Wildman–Crippen MR) is 138 cm³/mol. The van der Waals surface area contributed by atoms with Crippen molar-refractivity contribution >= 4 is 23.8 Å². The third-order valence-electron chi connectivity index (χ3n) is 5.77. The number of ether oxygens (including phenoxy) is 2. The molecule has 1 heterocycles. The van der Waals surface area contributed by atoms with E-state index in [-0.39, 0.29) is 57.3 Å². The first-order valence-corrected chi connectivity index (χ1v) is 12.7. The van der Waals surface area contributed by atoms with Crippen molar-refractivity contribution in [2.75, 3.05) is 19.8 Å². The molecule has 1 aliphatic rings. The van der Waals surface area contributed by atoms with Crippen LogP contribution in [0.2, 0.25) is 0 Å². The quantitative estimate of drug-likeness (QED) is 0.402. The van der Waals surface area contributed by atoms with Crippen LogP contribution in [0, 0.1) is 11.8 Å². The zero-order valence-electron chi connectivity index (χ0n) is 22.3. The number of esters is 2. The Balaban J connectivity index is 2.12. The molecule has 1 aliphatic heterocycles. The maximum atomic E-state index is 13.1. The lowest BCUT2D eigenvalue weighted by molar-refractivity contribution is -0.161. The lowest BCUT2D eigenvalue weighted by Crippen LogP contribution is -2.43. The first-order valence-electron chi connectivity index (χ1n) is 12.7. The first-order chi connectivity index (χ1) is 17.5. The number of aliphatic hydroxyl groups excluding tert-OH is 1. The van der Waals surface area contributed by atoms with Crippen molar-refractivity contribution in [1.82, 2.24) is 10.2 Å². The van der Waals surface area contributed by atoms with E-state index in [0.717, 1.165) is 5.56 Å². The smallest absolute Gasteiger partial charge is 0.309 e. The largest absolute Gasteiger partial charge is 0.463 e. The highest BCUT2D eigenvalue weighted by molar-refractivity contribution is 5.86. The van der Waals surface area contributed by atoms with Crippen LogP contribution in [-0.2, 0) is 35.2 Å². The fourth-order valence-corrected chi connectivity index (χ4v) is 3.93. The molecule has 9 nitrogen and oxygen atoms in total. The van der Waals surface area contributed by atoms with Crippen molar-refractivity contribution in [1.29, 1.82) is 0 Å². The number of nitrogens with one attached hydrogen (secondary N) is 1. The van der Waals surface area contributed by atoms with Crippen molar-refractivity contribution in [2.24, 2.45) is 11.8 Å². The van der Waals surface area contributed by atoms with Crippen LogP contribution in [0.4, 0.5) is 0 Å². The highest BCUT2D eigenvalue weighted by Crippen LogP contribution is 2.20. The third-order valence-corrected chi connectivity index (χ3v) is 5.77. The van der Waals surface area contributed by atoms with E-state index < -0.39 is 35.4 Å². The number of hydrogen-bond acceptors (Lipinski definition) is 7. The van der Waals surface area contributed by atoms with Crippen LogP contribution in [-0.4, -0.2) is 65.2 Å². The summed E-state index contributed by atoms with van der Waals surface area (Å²) in [4.78, 5) is 52.6. The Bertz CT molecular complexity index is 940. The third kappa shape index (κ3) is 11.2. The van der Waals surface area contributed by atoms with E-state index in [1.807, 2.05) is 30.3 Å². The van der Waals surface area contributed by atoms with E-state index in [4.69, 9.17) is 9.47 Å². The minimum Gasteiger partial charge on any atom is -0.463 e. The topological polar surface area (TPSA) is 122 Å².